The maximum absolute atomic E-state index is 12.1. The molecular formula is C20H27N3O3. The number of amides is 1. The molecule has 0 N–H and O–H groups in total. The van der Waals surface area contributed by atoms with E-state index in [9.17, 15) is 4.79 Å². The number of fused-ring (bicyclic) bond motifs is 1. The van der Waals surface area contributed by atoms with Gasteiger partial charge in [-0.1, -0.05) is 0 Å². The van der Waals surface area contributed by atoms with Gasteiger partial charge in [0.2, 0.25) is 0 Å². The highest BCUT2D eigenvalue weighted by Crippen LogP contribution is 2.50. The molecule has 0 bridgehead atoms. The van der Waals surface area contributed by atoms with Crippen LogP contribution in [-0.4, -0.2) is 45.6 Å². The van der Waals surface area contributed by atoms with Crippen LogP contribution in [0.15, 0.2) is 18.3 Å². The predicted molar refractivity (Wildman–Crippen MR) is 99.3 cm³/mol. The van der Waals surface area contributed by atoms with Gasteiger partial charge in [-0.2, -0.15) is 5.10 Å². The highest BCUT2D eigenvalue weighted by Gasteiger charge is 2.55. The molecule has 2 aromatic rings. The first-order chi connectivity index (χ1) is 12.2. The molecule has 0 radical (unpaired) electrons. The van der Waals surface area contributed by atoms with E-state index in [0.717, 1.165) is 48.1 Å². The third-order valence-corrected chi connectivity index (χ3v) is 5.43. The molecule has 1 aliphatic heterocycles. The molecule has 2 aliphatic rings. The molecule has 6 heteroatoms. The van der Waals surface area contributed by atoms with Gasteiger partial charge < -0.3 is 14.4 Å². The number of hydrogen-bond donors (Lipinski definition) is 0. The third-order valence-electron chi connectivity index (χ3n) is 5.43. The number of rotatable bonds is 2. The molecule has 0 atom stereocenters. The van der Waals surface area contributed by atoms with E-state index in [1.54, 1.807) is 4.90 Å². The minimum Gasteiger partial charge on any atom is -0.490 e. The van der Waals surface area contributed by atoms with Crippen molar-refractivity contribution in [2.75, 3.05) is 13.1 Å². The number of nitrogens with zero attached hydrogens (tertiary/aromatic N) is 3. The molecule has 1 saturated heterocycles. The highest BCUT2D eigenvalue weighted by atomic mass is 16.6. The Hall–Kier alpha value is -2.24. The van der Waals surface area contributed by atoms with Crippen LogP contribution < -0.4 is 4.74 Å². The summed E-state index contributed by atoms with van der Waals surface area (Å²) >= 11 is 0. The van der Waals surface area contributed by atoms with E-state index >= 15 is 0 Å². The van der Waals surface area contributed by atoms with Crippen LogP contribution in [0.3, 0.4) is 0 Å². The van der Waals surface area contributed by atoms with Crippen molar-refractivity contribution in [2.24, 2.45) is 12.5 Å². The van der Waals surface area contributed by atoms with Gasteiger partial charge in [0, 0.05) is 36.5 Å². The molecule has 1 amide bonds. The second kappa shape index (κ2) is 5.63. The van der Waals surface area contributed by atoms with E-state index in [2.05, 4.69) is 18.1 Å². The molecule has 26 heavy (non-hydrogen) atoms. The fourth-order valence-electron chi connectivity index (χ4n) is 4.22. The van der Waals surface area contributed by atoms with E-state index in [1.807, 2.05) is 44.8 Å². The standard InChI is InChI=1S/C20H27N3O3/c1-13-16(7-6-14-10-21-22(5)17(13)14)25-15-8-20(9-15)11-23(12-20)18(24)26-19(2,3)4/h6-7,10,15H,8-9,11-12H2,1-5H3. The van der Waals surface area contributed by atoms with Crippen LogP contribution in [0.1, 0.15) is 39.2 Å². The van der Waals surface area contributed by atoms with Crippen LogP contribution in [0, 0.1) is 12.3 Å². The monoisotopic (exact) mass is 357 g/mol. The second-order valence-corrected chi connectivity index (χ2v) is 8.88. The van der Waals surface area contributed by atoms with E-state index in [1.165, 1.54) is 0 Å². The first kappa shape index (κ1) is 17.2. The number of hydrogen-bond acceptors (Lipinski definition) is 4. The van der Waals surface area contributed by atoms with Gasteiger partial charge in [0.15, 0.2) is 0 Å². The number of carbonyl (C=O) groups is 1. The Labute approximate surface area is 154 Å². The van der Waals surface area contributed by atoms with Crippen molar-refractivity contribution in [3.63, 3.8) is 0 Å². The first-order valence-corrected chi connectivity index (χ1v) is 9.22. The Kier molecular flexibility index (Phi) is 3.72. The summed E-state index contributed by atoms with van der Waals surface area (Å²) in [6, 6.07) is 4.10. The molecule has 6 nitrogen and oxygen atoms in total. The Morgan fingerprint density at radius 3 is 2.62 bits per heavy atom. The summed E-state index contributed by atoms with van der Waals surface area (Å²) in [5.41, 5.74) is 2.04. The summed E-state index contributed by atoms with van der Waals surface area (Å²) in [6.07, 6.45) is 3.89. The molecule has 140 valence electrons. The van der Waals surface area contributed by atoms with Crippen LogP contribution in [0.5, 0.6) is 5.75 Å². The smallest absolute Gasteiger partial charge is 0.410 e. The number of aromatic nitrogens is 2. The van der Waals surface area contributed by atoms with Gasteiger partial charge in [0.1, 0.15) is 17.5 Å². The second-order valence-electron chi connectivity index (χ2n) is 8.88. The summed E-state index contributed by atoms with van der Waals surface area (Å²) in [4.78, 5) is 13.9. The van der Waals surface area contributed by atoms with E-state index in [4.69, 9.17) is 9.47 Å². The molecule has 2 fully saturated rings. The lowest BCUT2D eigenvalue weighted by Gasteiger charge is -2.58. The zero-order valence-electron chi connectivity index (χ0n) is 16.2. The first-order valence-electron chi connectivity index (χ1n) is 9.22. The third kappa shape index (κ3) is 2.91. The Bertz CT molecular complexity index is 851. The Morgan fingerprint density at radius 1 is 1.27 bits per heavy atom. The van der Waals surface area contributed by atoms with E-state index < -0.39 is 5.60 Å². The topological polar surface area (TPSA) is 56.6 Å². The van der Waals surface area contributed by atoms with Crippen LogP contribution in [-0.2, 0) is 11.8 Å². The molecule has 2 heterocycles. The van der Waals surface area contributed by atoms with Crippen molar-refractivity contribution in [1.82, 2.24) is 14.7 Å². The maximum atomic E-state index is 12.1. The van der Waals surface area contributed by atoms with Crippen molar-refractivity contribution < 1.29 is 14.3 Å². The average molecular weight is 357 g/mol. The van der Waals surface area contributed by atoms with Gasteiger partial charge in [-0.25, -0.2) is 4.79 Å². The fraction of sp³-hybridized carbons (Fsp3) is 0.600. The van der Waals surface area contributed by atoms with Crippen LogP contribution in [0.25, 0.3) is 10.9 Å². The van der Waals surface area contributed by atoms with Crippen molar-refractivity contribution in [2.45, 2.75) is 52.2 Å². The van der Waals surface area contributed by atoms with Gasteiger partial charge in [-0.05, 0) is 52.7 Å². The SMILES string of the molecule is Cc1c(OC2CC3(C2)CN(C(=O)OC(C)(C)C)C3)ccc2cnn(C)c12. The van der Waals surface area contributed by atoms with Crippen molar-refractivity contribution in [3.8, 4) is 5.75 Å². The number of carbonyl (C=O) groups excluding carboxylic acids is 1. The van der Waals surface area contributed by atoms with Crippen LogP contribution >= 0.6 is 0 Å². The summed E-state index contributed by atoms with van der Waals surface area (Å²) in [5.74, 6) is 0.935. The lowest BCUT2D eigenvalue weighted by Crippen LogP contribution is -2.66. The lowest BCUT2D eigenvalue weighted by molar-refractivity contribution is -0.116. The number of benzene rings is 1. The van der Waals surface area contributed by atoms with Crippen LogP contribution in [0.2, 0.25) is 0 Å². The largest absolute Gasteiger partial charge is 0.490 e. The van der Waals surface area contributed by atoms with Crippen molar-refractivity contribution >= 4 is 17.0 Å². The molecule has 1 spiro atoms. The van der Waals surface area contributed by atoms with Gasteiger partial charge in [0.25, 0.3) is 0 Å². The van der Waals surface area contributed by atoms with E-state index in [0.29, 0.717) is 0 Å². The van der Waals surface area contributed by atoms with Gasteiger partial charge >= 0.3 is 6.09 Å². The maximum Gasteiger partial charge on any atom is 0.410 e. The Balaban J connectivity index is 1.33. The number of ether oxygens (including phenoxy) is 2. The summed E-state index contributed by atoms with van der Waals surface area (Å²) in [6.45, 7) is 9.34. The van der Waals surface area contributed by atoms with Crippen molar-refractivity contribution in [3.05, 3.63) is 23.9 Å². The lowest BCUT2D eigenvalue weighted by atomic mass is 9.62. The minimum absolute atomic E-state index is 0.204. The average Bonchev–Trinajstić information content (AvgIpc) is 2.82. The quantitative estimate of drug-likeness (QED) is 0.823. The molecule has 1 aliphatic carbocycles. The minimum atomic E-state index is -0.437. The predicted octanol–water partition coefficient (Wildman–Crippen LogP) is 3.66. The highest BCUT2D eigenvalue weighted by molar-refractivity contribution is 5.84. The van der Waals surface area contributed by atoms with Crippen LogP contribution in [0.4, 0.5) is 4.79 Å². The number of aryl methyl sites for hydroxylation is 2. The summed E-state index contributed by atoms with van der Waals surface area (Å²) < 4.78 is 13.6. The zero-order valence-corrected chi connectivity index (χ0v) is 16.2. The number of likely N-dealkylation sites (tertiary alicyclic amines) is 1. The summed E-state index contributed by atoms with van der Waals surface area (Å²) in [7, 11) is 1.96. The molecule has 1 aromatic heterocycles. The molecule has 4 rings (SSSR count). The van der Waals surface area contributed by atoms with E-state index in [-0.39, 0.29) is 17.6 Å². The fourth-order valence-corrected chi connectivity index (χ4v) is 4.22. The molecular weight excluding hydrogens is 330 g/mol. The van der Waals surface area contributed by atoms with Gasteiger partial charge in [-0.3, -0.25) is 4.68 Å². The Morgan fingerprint density at radius 2 is 1.96 bits per heavy atom. The molecule has 1 saturated carbocycles. The van der Waals surface area contributed by atoms with Crippen molar-refractivity contribution in [1.29, 1.82) is 0 Å². The van der Waals surface area contributed by atoms with Gasteiger partial charge in [-0.15, -0.1) is 0 Å². The normalized spacial score (nSPS) is 19.3. The molecule has 1 aromatic carbocycles. The van der Waals surface area contributed by atoms with Gasteiger partial charge in [0.05, 0.1) is 11.7 Å². The zero-order chi connectivity index (χ0) is 18.7. The molecule has 0 unspecified atom stereocenters. The summed E-state index contributed by atoms with van der Waals surface area (Å²) in [5, 5.41) is 5.45.